The Balaban J connectivity index is 1.45. The number of ether oxygens (including phenoxy) is 1. The summed E-state index contributed by atoms with van der Waals surface area (Å²) in [6, 6.07) is 7.99. The number of carbonyl (C=O) groups excluding carboxylic acids is 1. The molecule has 1 saturated carbocycles. The molecule has 4 rings (SSSR count). The van der Waals surface area contributed by atoms with E-state index in [1.807, 2.05) is 29.2 Å². The van der Waals surface area contributed by atoms with Crippen molar-refractivity contribution in [3.8, 4) is 5.75 Å². The van der Waals surface area contributed by atoms with Crippen molar-refractivity contribution < 1.29 is 22.5 Å². The van der Waals surface area contributed by atoms with Crippen molar-refractivity contribution in [1.82, 2.24) is 14.4 Å². The summed E-state index contributed by atoms with van der Waals surface area (Å²) in [4.78, 5) is 15.8. The lowest BCUT2D eigenvalue weighted by Crippen LogP contribution is -2.47. The zero-order valence-electron chi connectivity index (χ0n) is 19.8. The molecule has 2 aliphatic rings. The molecule has 2 heterocycles. The molecule has 1 unspecified atom stereocenters. The third kappa shape index (κ3) is 4.94. The van der Waals surface area contributed by atoms with Gasteiger partial charge in [0.05, 0.1) is 7.11 Å². The second kappa shape index (κ2) is 9.46. The molecule has 1 aromatic heterocycles. The minimum Gasteiger partial charge on any atom is -0.497 e. The predicted octanol–water partition coefficient (Wildman–Crippen LogP) is 3.53. The van der Waals surface area contributed by atoms with E-state index in [0.29, 0.717) is 49.8 Å². The average Bonchev–Trinajstić information content (AvgIpc) is 3.61. The average molecular weight is 476 g/mol. The summed E-state index contributed by atoms with van der Waals surface area (Å²) >= 11 is 0. The number of hydrogen-bond acceptors (Lipinski definition) is 6. The summed E-state index contributed by atoms with van der Waals surface area (Å²) in [7, 11) is -2.05. The van der Waals surface area contributed by atoms with Gasteiger partial charge in [-0.25, -0.2) is 8.42 Å². The first-order valence-electron chi connectivity index (χ1n) is 11.6. The van der Waals surface area contributed by atoms with Crippen LogP contribution in [0.15, 0.2) is 33.7 Å². The minimum absolute atomic E-state index is 0.125. The van der Waals surface area contributed by atoms with Gasteiger partial charge in [0.1, 0.15) is 16.3 Å². The number of piperidine rings is 1. The second-order valence-corrected chi connectivity index (χ2v) is 11.1. The van der Waals surface area contributed by atoms with E-state index in [0.717, 1.165) is 24.2 Å². The summed E-state index contributed by atoms with van der Waals surface area (Å²) in [5.41, 5.74) is 1.43. The Kier molecular flexibility index (Phi) is 6.81. The van der Waals surface area contributed by atoms with E-state index in [2.05, 4.69) is 12.1 Å². The number of nitrogens with zero attached hydrogens (tertiary/aromatic N) is 3. The van der Waals surface area contributed by atoms with Crippen LogP contribution in [0.1, 0.15) is 49.6 Å². The fourth-order valence-electron chi connectivity index (χ4n) is 4.73. The Morgan fingerprint density at radius 1 is 1.18 bits per heavy atom. The van der Waals surface area contributed by atoms with Crippen molar-refractivity contribution in [2.75, 3.05) is 20.2 Å². The first-order valence-corrected chi connectivity index (χ1v) is 13.0. The van der Waals surface area contributed by atoms with Crippen LogP contribution in [-0.2, 0) is 21.4 Å². The Hall–Kier alpha value is -2.39. The predicted molar refractivity (Wildman–Crippen MR) is 123 cm³/mol. The van der Waals surface area contributed by atoms with Crippen molar-refractivity contribution in [3.63, 3.8) is 0 Å². The lowest BCUT2D eigenvalue weighted by Gasteiger charge is -2.36. The molecular weight excluding hydrogens is 442 g/mol. The van der Waals surface area contributed by atoms with Gasteiger partial charge in [0, 0.05) is 31.6 Å². The number of rotatable bonds is 8. The highest BCUT2D eigenvalue weighted by molar-refractivity contribution is 7.89. The molecule has 1 atom stereocenters. The number of carbonyl (C=O) groups is 1. The molecule has 1 aliphatic carbocycles. The van der Waals surface area contributed by atoms with Gasteiger partial charge in [-0.15, -0.1) is 0 Å². The highest BCUT2D eigenvalue weighted by atomic mass is 32.2. The number of aromatic nitrogens is 1. The molecule has 1 amide bonds. The maximum atomic E-state index is 13.6. The lowest BCUT2D eigenvalue weighted by atomic mass is 9.95. The number of benzene rings is 1. The summed E-state index contributed by atoms with van der Waals surface area (Å²) in [5, 5.41) is 3.79. The van der Waals surface area contributed by atoms with Gasteiger partial charge in [0.25, 0.3) is 0 Å². The monoisotopic (exact) mass is 475 g/mol. The normalized spacial score (nSPS) is 18.8. The molecule has 0 bridgehead atoms. The van der Waals surface area contributed by atoms with Crippen LogP contribution in [0.4, 0.5) is 0 Å². The number of sulfonamides is 1. The van der Waals surface area contributed by atoms with E-state index in [1.54, 1.807) is 21.0 Å². The van der Waals surface area contributed by atoms with Gasteiger partial charge in [0.15, 0.2) is 5.76 Å². The second-order valence-electron chi connectivity index (χ2n) is 9.22. The van der Waals surface area contributed by atoms with E-state index in [1.165, 1.54) is 4.31 Å². The Bertz CT molecular complexity index is 1060. The van der Waals surface area contributed by atoms with Gasteiger partial charge in [-0.1, -0.05) is 17.3 Å². The first kappa shape index (κ1) is 23.8. The summed E-state index contributed by atoms with van der Waals surface area (Å²) in [6.07, 6.45) is 3.33. The largest absolute Gasteiger partial charge is 0.497 e. The minimum atomic E-state index is -3.68. The molecule has 2 aromatic rings. The van der Waals surface area contributed by atoms with Crippen LogP contribution in [0.3, 0.4) is 0 Å². The fourth-order valence-corrected chi connectivity index (χ4v) is 6.49. The zero-order valence-corrected chi connectivity index (χ0v) is 20.6. The molecule has 33 heavy (non-hydrogen) atoms. The topological polar surface area (TPSA) is 93.0 Å². The van der Waals surface area contributed by atoms with Crippen LogP contribution in [-0.4, -0.2) is 54.9 Å². The van der Waals surface area contributed by atoms with Crippen LogP contribution in [0.5, 0.6) is 5.75 Å². The molecule has 180 valence electrons. The molecule has 1 saturated heterocycles. The number of amides is 1. The third-order valence-corrected chi connectivity index (χ3v) is 9.10. The Labute approximate surface area is 195 Å². The Morgan fingerprint density at radius 3 is 2.33 bits per heavy atom. The van der Waals surface area contributed by atoms with Gasteiger partial charge in [0.2, 0.25) is 15.9 Å². The highest BCUT2D eigenvalue weighted by Crippen LogP contribution is 2.37. The van der Waals surface area contributed by atoms with E-state index >= 15 is 0 Å². The maximum Gasteiger partial charge on any atom is 0.248 e. The fraction of sp³-hybridized carbons (Fsp3) is 0.583. The Morgan fingerprint density at radius 2 is 1.82 bits per heavy atom. The molecule has 2 fully saturated rings. The van der Waals surface area contributed by atoms with Crippen LogP contribution in [0, 0.1) is 25.7 Å². The van der Waals surface area contributed by atoms with E-state index in [-0.39, 0.29) is 22.8 Å². The van der Waals surface area contributed by atoms with E-state index in [4.69, 9.17) is 9.26 Å². The smallest absolute Gasteiger partial charge is 0.248 e. The molecule has 1 aromatic carbocycles. The molecule has 0 spiro atoms. The summed E-state index contributed by atoms with van der Waals surface area (Å²) in [6.45, 7) is 6.57. The van der Waals surface area contributed by atoms with Crippen LogP contribution in [0.2, 0.25) is 0 Å². The number of hydrogen-bond donors (Lipinski definition) is 0. The summed E-state index contributed by atoms with van der Waals surface area (Å²) in [5.74, 6) is 1.58. The van der Waals surface area contributed by atoms with Crippen molar-refractivity contribution in [1.29, 1.82) is 0 Å². The third-order valence-electron chi connectivity index (χ3n) is 6.96. The first-order chi connectivity index (χ1) is 15.7. The van der Waals surface area contributed by atoms with Crippen LogP contribution in [0.25, 0.3) is 0 Å². The summed E-state index contributed by atoms with van der Waals surface area (Å²) < 4.78 is 38.0. The zero-order chi connectivity index (χ0) is 23.8. The lowest BCUT2D eigenvalue weighted by molar-refractivity contribution is -0.140. The molecule has 8 nitrogen and oxygen atoms in total. The number of aryl methyl sites for hydroxylation is 2. The quantitative estimate of drug-likeness (QED) is 0.580. The van der Waals surface area contributed by atoms with Crippen molar-refractivity contribution in [3.05, 3.63) is 41.3 Å². The van der Waals surface area contributed by atoms with E-state index < -0.39 is 10.0 Å². The molecule has 0 N–H and O–H groups in total. The van der Waals surface area contributed by atoms with Crippen LogP contribution < -0.4 is 4.74 Å². The number of methoxy groups -OCH3 is 1. The van der Waals surface area contributed by atoms with Crippen molar-refractivity contribution in [2.45, 2.75) is 63.9 Å². The maximum absolute atomic E-state index is 13.6. The van der Waals surface area contributed by atoms with Gasteiger partial charge in [-0.3, -0.25) is 4.79 Å². The van der Waals surface area contributed by atoms with Crippen molar-refractivity contribution >= 4 is 15.9 Å². The van der Waals surface area contributed by atoms with E-state index in [9.17, 15) is 13.2 Å². The van der Waals surface area contributed by atoms with Gasteiger partial charge >= 0.3 is 0 Å². The molecular formula is C24H33N3O5S. The standard InChI is InChI=1S/C24H33N3O5S/c1-16-23(18(3)32-25-16)33(29,30)26-13-11-21(12-14-26)24(28)27(17(2)20-7-8-20)15-19-5-9-22(31-4)10-6-19/h5-6,9-10,17,20-21H,7-8,11-15H2,1-4H3. The van der Waals surface area contributed by atoms with Crippen molar-refractivity contribution in [2.24, 2.45) is 11.8 Å². The van der Waals surface area contributed by atoms with Gasteiger partial charge < -0.3 is 14.2 Å². The molecule has 0 radical (unpaired) electrons. The highest BCUT2D eigenvalue weighted by Gasteiger charge is 2.40. The van der Waals surface area contributed by atoms with Gasteiger partial charge in [-0.05, 0) is 70.1 Å². The van der Waals surface area contributed by atoms with Crippen LogP contribution >= 0.6 is 0 Å². The SMILES string of the molecule is COc1ccc(CN(C(=O)C2CCN(S(=O)(=O)c3c(C)noc3C)CC2)C(C)C2CC2)cc1. The molecule has 1 aliphatic heterocycles. The molecule has 9 heteroatoms. The van der Waals surface area contributed by atoms with Gasteiger partial charge in [-0.2, -0.15) is 4.31 Å².